The molecule has 2 nitrogen and oxygen atoms in total. The normalized spacial score (nSPS) is 10.3. The molecule has 0 fully saturated rings. The molecular weight excluding hydrogens is 241 g/mol. The van der Waals surface area contributed by atoms with Crippen LogP contribution in [0.5, 0.6) is 0 Å². The highest BCUT2D eigenvalue weighted by molar-refractivity contribution is 5.95. The molecule has 3 heteroatoms. The molecule has 2 rings (SSSR count). The predicted octanol–water partition coefficient (Wildman–Crippen LogP) is 3.37. The number of hydrogen-bond donors (Lipinski definition) is 1. The number of nitrogens with one attached hydrogen (secondary N) is 1. The third-order valence-electron chi connectivity index (χ3n) is 3.02. The van der Waals surface area contributed by atoms with Crippen LogP contribution in [0.1, 0.15) is 27.0 Å². The average Bonchev–Trinajstić information content (AvgIpc) is 2.40. The fourth-order valence-electron chi connectivity index (χ4n) is 1.82. The molecule has 0 atom stereocenters. The van der Waals surface area contributed by atoms with Gasteiger partial charge in [-0.15, -0.1) is 0 Å². The van der Waals surface area contributed by atoms with Crippen LogP contribution in [0.2, 0.25) is 0 Å². The van der Waals surface area contributed by atoms with E-state index in [1.165, 1.54) is 17.7 Å². The number of carbonyl (C=O) groups is 1. The Morgan fingerprint density at radius 1 is 1.11 bits per heavy atom. The summed E-state index contributed by atoms with van der Waals surface area (Å²) in [5.41, 5.74) is 3.35. The van der Waals surface area contributed by atoms with Crippen LogP contribution in [0.3, 0.4) is 0 Å². The van der Waals surface area contributed by atoms with Gasteiger partial charge in [-0.25, -0.2) is 4.39 Å². The van der Waals surface area contributed by atoms with Crippen LogP contribution in [-0.2, 0) is 6.54 Å². The lowest BCUT2D eigenvalue weighted by molar-refractivity contribution is 0.0950. The maximum Gasteiger partial charge on any atom is 0.251 e. The van der Waals surface area contributed by atoms with Gasteiger partial charge in [-0.05, 0) is 37.1 Å². The minimum Gasteiger partial charge on any atom is -0.348 e. The second-order valence-corrected chi connectivity index (χ2v) is 4.63. The van der Waals surface area contributed by atoms with E-state index in [0.29, 0.717) is 12.1 Å². The van der Waals surface area contributed by atoms with Gasteiger partial charge in [0.15, 0.2) is 0 Å². The standard InChI is InChI=1S/C16H16FNO/c1-11-3-6-13(7-4-11)10-18-16(19)15-9-14(17)8-5-12(15)2/h3-9H,10H2,1-2H3,(H,18,19). The van der Waals surface area contributed by atoms with E-state index in [1.54, 1.807) is 13.0 Å². The van der Waals surface area contributed by atoms with Gasteiger partial charge in [0.2, 0.25) is 0 Å². The number of halogens is 1. The van der Waals surface area contributed by atoms with Crippen molar-refractivity contribution < 1.29 is 9.18 Å². The molecule has 0 radical (unpaired) electrons. The lowest BCUT2D eigenvalue weighted by Gasteiger charge is -2.08. The molecule has 0 bridgehead atoms. The molecule has 0 aromatic heterocycles. The number of aryl methyl sites for hydroxylation is 2. The van der Waals surface area contributed by atoms with E-state index in [-0.39, 0.29) is 5.91 Å². The predicted molar refractivity (Wildman–Crippen MR) is 73.5 cm³/mol. The van der Waals surface area contributed by atoms with Crippen LogP contribution in [0.4, 0.5) is 4.39 Å². The zero-order valence-corrected chi connectivity index (χ0v) is 11.0. The van der Waals surface area contributed by atoms with Gasteiger partial charge in [0, 0.05) is 12.1 Å². The fourth-order valence-corrected chi connectivity index (χ4v) is 1.82. The van der Waals surface area contributed by atoms with Gasteiger partial charge in [-0.3, -0.25) is 4.79 Å². The second kappa shape index (κ2) is 5.65. The molecule has 0 saturated heterocycles. The van der Waals surface area contributed by atoms with Crippen LogP contribution < -0.4 is 5.32 Å². The molecule has 0 saturated carbocycles. The van der Waals surface area contributed by atoms with E-state index in [1.807, 2.05) is 31.2 Å². The Labute approximate surface area is 112 Å². The Balaban J connectivity index is 2.05. The lowest BCUT2D eigenvalue weighted by atomic mass is 10.1. The van der Waals surface area contributed by atoms with Gasteiger partial charge in [0.05, 0.1) is 0 Å². The molecule has 0 unspecified atom stereocenters. The van der Waals surface area contributed by atoms with E-state index in [4.69, 9.17) is 0 Å². The van der Waals surface area contributed by atoms with Gasteiger partial charge < -0.3 is 5.32 Å². The Morgan fingerprint density at radius 2 is 1.79 bits per heavy atom. The smallest absolute Gasteiger partial charge is 0.251 e. The summed E-state index contributed by atoms with van der Waals surface area (Å²) < 4.78 is 13.1. The fraction of sp³-hybridized carbons (Fsp3) is 0.188. The van der Waals surface area contributed by atoms with Crippen molar-refractivity contribution in [2.75, 3.05) is 0 Å². The molecule has 98 valence electrons. The molecule has 0 aliphatic rings. The summed E-state index contributed by atoms with van der Waals surface area (Å²) >= 11 is 0. The summed E-state index contributed by atoms with van der Waals surface area (Å²) in [6, 6.07) is 12.1. The number of amides is 1. The topological polar surface area (TPSA) is 29.1 Å². The Morgan fingerprint density at radius 3 is 2.47 bits per heavy atom. The molecule has 0 aliphatic heterocycles. The van der Waals surface area contributed by atoms with Gasteiger partial charge >= 0.3 is 0 Å². The number of carbonyl (C=O) groups excluding carboxylic acids is 1. The third kappa shape index (κ3) is 3.41. The average molecular weight is 257 g/mol. The number of benzene rings is 2. The van der Waals surface area contributed by atoms with Gasteiger partial charge in [0.1, 0.15) is 5.82 Å². The number of rotatable bonds is 3. The molecule has 2 aromatic rings. The van der Waals surface area contributed by atoms with Crippen molar-refractivity contribution in [3.8, 4) is 0 Å². The minimum atomic E-state index is -0.397. The molecule has 0 heterocycles. The summed E-state index contributed by atoms with van der Waals surface area (Å²) in [6.45, 7) is 4.24. The van der Waals surface area contributed by atoms with Crippen molar-refractivity contribution in [3.05, 3.63) is 70.5 Å². The summed E-state index contributed by atoms with van der Waals surface area (Å²) in [5.74, 6) is -0.649. The van der Waals surface area contributed by atoms with E-state index < -0.39 is 5.82 Å². The SMILES string of the molecule is Cc1ccc(CNC(=O)c2cc(F)ccc2C)cc1. The first-order valence-electron chi connectivity index (χ1n) is 6.16. The van der Waals surface area contributed by atoms with Crippen molar-refractivity contribution >= 4 is 5.91 Å². The van der Waals surface area contributed by atoms with Crippen LogP contribution in [-0.4, -0.2) is 5.91 Å². The molecule has 1 amide bonds. The molecule has 19 heavy (non-hydrogen) atoms. The summed E-state index contributed by atoms with van der Waals surface area (Å²) in [6.07, 6.45) is 0. The first kappa shape index (κ1) is 13.3. The first-order chi connectivity index (χ1) is 9.06. The maximum atomic E-state index is 13.1. The molecule has 0 aliphatic carbocycles. The Bertz CT molecular complexity index is 590. The van der Waals surface area contributed by atoms with Crippen molar-refractivity contribution in [1.82, 2.24) is 5.32 Å². The van der Waals surface area contributed by atoms with Crippen molar-refractivity contribution in [3.63, 3.8) is 0 Å². The molecular formula is C16H16FNO. The summed E-state index contributed by atoms with van der Waals surface area (Å²) in [5, 5.41) is 2.80. The van der Waals surface area contributed by atoms with Crippen LogP contribution in [0.15, 0.2) is 42.5 Å². The highest BCUT2D eigenvalue weighted by atomic mass is 19.1. The van der Waals surface area contributed by atoms with Gasteiger partial charge in [-0.2, -0.15) is 0 Å². The van der Waals surface area contributed by atoms with Crippen molar-refractivity contribution in [1.29, 1.82) is 0 Å². The van der Waals surface area contributed by atoms with Crippen molar-refractivity contribution in [2.45, 2.75) is 20.4 Å². The summed E-state index contributed by atoms with van der Waals surface area (Å²) in [7, 11) is 0. The molecule has 2 aromatic carbocycles. The monoisotopic (exact) mass is 257 g/mol. The minimum absolute atomic E-state index is 0.252. The quantitative estimate of drug-likeness (QED) is 0.897. The maximum absolute atomic E-state index is 13.1. The van der Waals surface area contributed by atoms with E-state index in [2.05, 4.69) is 5.32 Å². The van der Waals surface area contributed by atoms with E-state index >= 15 is 0 Å². The number of hydrogen-bond acceptors (Lipinski definition) is 1. The van der Waals surface area contributed by atoms with Crippen molar-refractivity contribution in [2.24, 2.45) is 0 Å². The van der Waals surface area contributed by atoms with Crippen LogP contribution >= 0.6 is 0 Å². The Kier molecular flexibility index (Phi) is 3.95. The van der Waals surface area contributed by atoms with E-state index in [0.717, 1.165) is 11.1 Å². The Hall–Kier alpha value is -2.16. The second-order valence-electron chi connectivity index (χ2n) is 4.63. The first-order valence-corrected chi connectivity index (χ1v) is 6.16. The zero-order chi connectivity index (χ0) is 13.8. The van der Waals surface area contributed by atoms with Crippen LogP contribution in [0.25, 0.3) is 0 Å². The highest BCUT2D eigenvalue weighted by Crippen LogP contribution is 2.10. The third-order valence-corrected chi connectivity index (χ3v) is 3.02. The molecule has 0 spiro atoms. The van der Waals surface area contributed by atoms with E-state index in [9.17, 15) is 9.18 Å². The van der Waals surface area contributed by atoms with Gasteiger partial charge in [0.25, 0.3) is 5.91 Å². The summed E-state index contributed by atoms with van der Waals surface area (Å²) in [4.78, 5) is 12.0. The highest BCUT2D eigenvalue weighted by Gasteiger charge is 2.09. The largest absolute Gasteiger partial charge is 0.348 e. The lowest BCUT2D eigenvalue weighted by Crippen LogP contribution is -2.23. The zero-order valence-electron chi connectivity index (χ0n) is 11.0. The van der Waals surface area contributed by atoms with Gasteiger partial charge in [-0.1, -0.05) is 35.9 Å². The van der Waals surface area contributed by atoms with Crippen LogP contribution in [0, 0.1) is 19.7 Å². The molecule has 1 N–H and O–H groups in total.